The summed E-state index contributed by atoms with van der Waals surface area (Å²) < 4.78 is 13.0. The molecule has 2 amide bonds. The number of fused-ring (bicyclic) bond motifs is 1. The van der Waals surface area contributed by atoms with Crippen LogP contribution in [0.1, 0.15) is 40.8 Å². The van der Waals surface area contributed by atoms with Crippen LogP contribution in [0.25, 0.3) is 10.9 Å². The fourth-order valence-corrected chi connectivity index (χ4v) is 5.25. The van der Waals surface area contributed by atoms with Crippen LogP contribution < -0.4 is 10.2 Å². The number of hydrogen-bond acceptors (Lipinski definition) is 6. The van der Waals surface area contributed by atoms with Crippen LogP contribution in [0.3, 0.4) is 0 Å². The van der Waals surface area contributed by atoms with E-state index in [2.05, 4.69) is 5.43 Å². The average molecular weight is 482 g/mol. The summed E-state index contributed by atoms with van der Waals surface area (Å²) in [6, 6.07) is 14.9. The van der Waals surface area contributed by atoms with Crippen molar-refractivity contribution >= 4 is 40.4 Å². The van der Waals surface area contributed by atoms with Gasteiger partial charge < -0.3 is 14.0 Å². The predicted octanol–water partition coefficient (Wildman–Crippen LogP) is 3.83. The summed E-state index contributed by atoms with van der Waals surface area (Å²) in [7, 11) is 0. The van der Waals surface area contributed by atoms with Gasteiger partial charge in [0.25, 0.3) is 11.8 Å². The molecular weight excluding hydrogens is 454 g/mol. The Morgan fingerprint density at radius 1 is 1.15 bits per heavy atom. The number of carbonyl (C=O) groups is 3. The summed E-state index contributed by atoms with van der Waals surface area (Å²) in [6.07, 6.45) is 0. The molecule has 0 spiro atoms. The molecule has 34 heavy (non-hydrogen) atoms. The van der Waals surface area contributed by atoms with Gasteiger partial charge in [-0.15, -0.1) is 11.8 Å². The lowest BCUT2D eigenvalue weighted by atomic mass is 10.1. The Bertz CT molecular complexity index is 1220. The van der Waals surface area contributed by atoms with E-state index in [4.69, 9.17) is 9.47 Å². The molecule has 1 saturated heterocycles. The maximum absolute atomic E-state index is 12.6. The second-order valence-corrected chi connectivity index (χ2v) is 8.83. The van der Waals surface area contributed by atoms with Gasteiger partial charge >= 0.3 is 5.97 Å². The van der Waals surface area contributed by atoms with Crippen LogP contribution in [0.4, 0.5) is 0 Å². The molecule has 178 valence electrons. The van der Waals surface area contributed by atoms with Crippen molar-refractivity contribution < 1.29 is 23.9 Å². The van der Waals surface area contributed by atoms with Crippen LogP contribution >= 0.6 is 11.8 Å². The number of rotatable bonds is 8. The lowest BCUT2D eigenvalue weighted by Crippen LogP contribution is -2.46. The molecule has 4 rings (SSSR count). The lowest BCUT2D eigenvalue weighted by molar-refractivity contribution is -0.140. The zero-order valence-corrected chi connectivity index (χ0v) is 20.2. The van der Waals surface area contributed by atoms with E-state index in [0.29, 0.717) is 29.0 Å². The fourth-order valence-electron chi connectivity index (χ4n) is 4.14. The van der Waals surface area contributed by atoms with Gasteiger partial charge in [0.1, 0.15) is 11.1 Å². The highest BCUT2D eigenvalue weighted by Crippen LogP contribution is 2.37. The minimum atomic E-state index is -0.440. The van der Waals surface area contributed by atoms with Gasteiger partial charge in [-0.25, -0.2) is 9.80 Å². The first-order valence-electron chi connectivity index (χ1n) is 11.1. The van der Waals surface area contributed by atoms with Crippen molar-refractivity contribution in [3.8, 4) is 5.75 Å². The highest BCUT2D eigenvalue weighted by Gasteiger charge is 2.34. The molecule has 0 aliphatic carbocycles. The van der Waals surface area contributed by atoms with Crippen LogP contribution in [-0.4, -0.2) is 46.3 Å². The van der Waals surface area contributed by atoms with Crippen molar-refractivity contribution in [2.24, 2.45) is 0 Å². The third-order valence-electron chi connectivity index (χ3n) is 5.66. The van der Waals surface area contributed by atoms with Crippen molar-refractivity contribution in [3.63, 3.8) is 0 Å². The quantitative estimate of drug-likeness (QED) is 0.492. The number of nitrogens with zero attached hydrogens (tertiary/aromatic N) is 2. The summed E-state index contributed by atoms with van der Waals surface area (Å²) in [5.41, 5.74) is 5.83. The molecule has 1 aliphatic rings. The van der Waals surface area contributed by atoms with Crippen molar-refractivity contribution in [2.75, 3.05) is 19.0 Å². The number of esters is 1. The Kier molecular flexibility index (Phi) is 7.12. The first-order chi connectivity index (χ1) is 16.4. The standard InChI is InChI=1S/C25H27N3O5S/c1-4-27-16(3)23(25(31)32-5-2)19-13-18(11-12-20(19)27)33-14-21(29)26-28-22(30)15-34-24(28)17-9-7-6-8-10-17/h6-13,24H,4-5,14-15H2,1-3H3,(H,26,29)/t24-/m0/s1. The van der Waals surface area contributed by atoms with Gasteiger partial charge in [0, 0.05) is 23.1 Å². The summed E-state index contributed by atoms with van der Waals surface area (Å²) in [4.78, 5) is 37.5. The monoisotopic (exact) mass is 481 g/mol. The molecule has 1 N–H and O–H groups in total. The molecule has 1 aliphatic heterocycles. The second-order valence-electron chi connectivity index (χ2n) is 7.77. The number of thioether (sulfide) groups is 1. The summed E-state index contributed by atoms with van der Waals surface area (Å²) >= 11 is 1.46. The number of amides is 2. The minimum absolute atomic E-state index is 0.163. The van der Waals surface area contributed by atoms with Gasteiger partial charge in [-0.05, 0) is 44.5 Å². The molecular formula is C25H27N3O5S. The van der Waals surface area contributed by atoms with E-state index < -0.39 is 5.91 Å². The van der Waals surface area contributed by atoms with Crippen LogP contribution in [0.5, 0.6) is 5.75 Å². The number of ether oxygens (including phenoxy) is 2. The largest absolute Gasteiger partial charge is 0.484 e. The van der Waals surface area contributed by atoms with Crippen LogP contribution in [0.15, 0.2) is 48.5 Å². The maximum Gasteiger partial charge on any atom is 0.340 e. The Morgan fingerprint density at radius 3 is 2.62 bits per heavy atom. The number of aryl methyl sites for hydroxylation is 1. The van der Waals surface area contributed by atoms with Crippen LogP contribution in [0.2, 0.25) is 0 Å². The van der Waals surface area contributed by atoms with E-state index in [0.717, 1.165) is 16.8 Å². The van der Waals surface area contributed by atoms with Crippen molar-refractivity contribution in [3.05, 3.63) is 65.4 Å². The smallest absolute Gasteiger partial charge is 0.340 e. The van der Waals surface area contributed by atoms with E-state index in [1.807, 2.05) is 54.8 Å². The molecule has 0 radical (unpaired) electrons. The molecule has 1 fully saturated rings. The molecule has 0 bridgehead atoms. The lowest BCUT2D eigenvalue weighted by Gasteiger charge is -2.24. The van der Waals surface area contributed by atoms with E-state index >= 15 is 0 Å². The summed E-state index contributed by atoms with van der Waals surface area (Å²) in [5, 5.41) is 1.79. The molecule has 3 aromatic rings. The van der Waals surface area contributed by atoms with Crippen LogP contribution in [-0.2, 0) is 20.9 Å². The summed E-state index contributed by atoms with van der Waals surface area (Å²) in [6.45, 7) is 6.38. The average Bonchev–Trinajstić information content (AvgIpc) is 3.34. The van der Waals surface area contributed by atoms with Gasteiger partial charge in [-0.1, -0.05) is 30.3 Å². The number of benzene rings is 2. The van der Waals surface area contributed by atoms with E-state index in [-0.39, 0.29) is 30.5 Å². The third kappa shape index (κ3) is 4.61. The Hall–Kier alpha value is -3.46. The number of aromatic nitrogens is 1. The molecule has 0 unspecified atom stereocenters. The first kappa shape index (κ1) is 23.7. The number of carbonyl (C=O) groups excluding carboxylic acids is 3. The third-order valence-corrected chi connectivity index (χ3v) is 6.87. The van der Waals surface area contributed by atoms with Gasteiger partial charge in [0.05, 0.1) is 17.9 Å². The highest BCUT2D eigenvalue weighted by atomic mass is 32.2. The van der Waals surface area contributed by atoms with Gasteiger partial charge in [-0.3, -0.25) is 15.0 Å². The number of nitrogens with one attached hydrogen (secondary N) is 1. The number of hydrazine groups is 1. The molecule has 0 saturated carbocycles. The zero-order valence-electron chi connectivity index (χ0n) is 19.4. The zero-order chi connectivity index (χ0) is 24.2. The fraction of sp³-hybridized carbons (Fsp3) is 0.320. The van der Waals surface area contributed by atoms with E-state index in [1.54, 1.807) is 19.1 Å². The number of hydrogen-bond donors (Lipinski definition) is 1. The van der Waals surface area contributed by atoms with E-state index in [1.165, 1.54) is 16.8 Å². The highest BCUT2D eigenvalue weighted by molar-refractivity contribution is 8.00. The summed E-state index contributed by atoms with van der Waals surface area (Å²) in [5.74, 6) is -0.247. The molecule has 2 aromatic carbocycles. The molecule has 1 aromatic heterocycles. The topological polar surface area (TPSA) is 89.9 Å². The van der Waals surface area contributed by atoms with Gasteiger partial charge in [0.2, 0.25) is 0 Å². The molecule has 8 nitrogen and oxygen atoms in total. The van der Waals surface area contributed by atoms with Crippen molar-refractivity contribution in [2.45, 2.75) is 32.7 Å². The van der Waals surface area contributed by atoms with E-state index in [9.17, 15) is 14.4 Å². The van der Waals surface area contributed by atoms with Gasteiger partial charge in [0.15, 0.2) is 6.61 Å². The Morgan fingerprint density at radius 2 is 1.91 bits per heavy atom. The SMILES string of the molecule is CCOC(=O)c1c(C)n(CC)c2ccc(OCC(=O)NN3C(=O)CS[C@H]3c3ccccc3)cc12. The van der Waals surface area contributed by atoms with Crippen LogP contribution in [0, 0.1) is 6.92 Å². The second kappa shape index (κ2) is 10.2. The molecule has 1 atom stereocenters. The Labute approximate surface area is 202 Å². The molecule has 2 heterocycles. The van der Waals surface area contributed by atoms with Gasteiger partial charge in [-0.2, -0.15) is 0 Å². The minimum Gasteiger partial charge on any atom is -0.484 e. The maximum atomic E-state index is 12.6. The first-order valence-corrected chi connectivity index (χ1v) is 12.2. The molecule has 9 heteroatoms. The van der Waals surface area contributed by atoms with Crippen molar-refractivity contribution in [1.29, 1.82) is 0 Å². The van der Waals surface area contributed by atoms with Crippen molar-refractivity contribution in [1.82, 2.24) is 15.0 Å². The Balaban J connectivity index is 1.49. The predicted molar refractivity (Wildman–Crippen MR) is 130 cm³/mol. The normalized spacial score (nSPS) is 15.6.